The third-order valence-electron chi connectivity index (χ3n) is 3.50. The minimum atomic E-state index is -1.03. The molecule has 2 rings (SSSR count). The molecule has 6 heteroatoms. The van der Waals surface area contributed by atoms with Crippen molar-refractivity contribution < 1.29 is 19.4 Å². The van der Waals surface area contributed by atoms with Crippen molar-refractivity contribution >= 4 is 29.3 Å². The summed E-state index contributed by atoms with van der Waals surface area (Å²) in [5.74, 6) is 1.24. The maximum absolute atomic E-state index is 12.4. The van der Waals surface area contributed by atoms with Crippen molar-refractivity contribution in [2.75, 3.05) is 17.7 Å². The predicted molar refractivity (Wildman–Crippen MR) is 101 cm³/mol. The van der Waals surface area contributed by atoms with Crippen LogP contribution in [0, 0.1) is 6.92 Å². The summed E-state index contributed by atoms with van der Waals surface area (Å²) in [6.07, 6.45) is 0. The molecule has 5 nitrogen and oxygen atoms in total. The number of hydrogen-bond acceptors (Lipinski definition) is 4. The normalized spacial score (nSPS) is 10.3. The van der Waals surface area contributed by atoms with Gasteiger partial charge in [-0.3, -0.25) is 4.79 Å². The zero-order valence-corrected chi connectivity index (χ0v) is 15.1. The smallest absolute Gasteiger partial charge is 0.341 e. The van der Waals surface area contributed by atoms with Gasteiger partial charge in [-0.25, -0.2) is 4.79 Å². The van der Waals surface area contributed by atoms with Crippen LogP contribution >= 0.6 is 11.8 Å². The maximum Gasteiger partial charge on any atom is 0.341 e. The predicted octanol–water partition coefficient (Wildman–Crippen LogP) is 3.96. The molecule has 0 saturated heterocycles. The zero-order valence-electron chi connectivity index (χ0n) is 14.2. The lowest BCUT2D eigenvalue weighted by Crippen LogP contribution is -2.13. The number of thioether (sulfide) groups is 1. The Kier molecular flexibility index (Phi) is 6.89. The molecule has 2 aromatic carbocycles. The maximum atomic E-state index is 12.4. The molecule has 0 saturated carbocycles. The van der Waals surface area contributed by atoms with Crippen molar-refractivity contribution in [3.63, 3.8) is 0 Å². The van der Waals surface area contributed by atoms with E-state index in [-0.39, 0.29) is 5.91 Å². The molecule has 2 N–H and O–H groups in total. The van der Waals surface area contributed by atoms with E-state index in [0.29, 0.717) is 17.0 Å². The van der Waals surface area contributed by atoms with E-state index in [0.717, 1.165) is 17.1 Å². The number of amides is 1. The minimum absolute atomic E-state index is 0.183. The van der Waals surface area contributed by atoms with Gasteiger partial charge in [-0.05, 0) is 54.1 Å². The Hall–Kier alpha value is -2.47. The van der Waals surface area contributed by atoms with Gasteiger partial charge in [0.05, 0.1) is 0 Å². The lowest BCUT2D eigenvalue weighted by Gasteiger charge is -2.11. The van der Waals surface area contributed by atoms with Gasteiger partial charge in [0.15, 0.2) is 6.61 Å². The molecule has 0 spiro atoms. The van der Waals surface area contributed by atoms with Crippen molar-refractivity contribution in [2.45, 2.75) is 19.6 Å². The van der Waals surface area contributed by atoms with Gasteiger partial charge in [-0.1, -0.05) is 19.1 Å². The first-order valence-electron chi connectivity index (χ1n) is 7.93. The van der Waals surface area contributed by atoms with Crippen LogP contribution in [0.2, 0.25) is 0 Å². The van der Waals surface area contributed by atoms with Gasteiger partial charge in [0, 0.05) is 17.0 Å². The minimum Gasteiger partial charge on any atom is -0.482 e. The summed E-state index contributed by atoms with van der Waals surface area (Å²) in [5.41, 5.74) is 3.25. The largest absolute Gasteiger partial charge is 0.482 e. The number of carbonyl (C=O) groups is 2. The van der Waals surface area contributed by atoms with Gasteiger partial charge < -0.3 is 15.2 Å². The van der Waals surface area contributed by atoms with Crippen LogP contribution in [0.5, 0.6) is 5.75 Å². The Bertz CT molecular complexity index is 744. The van der Waals surface area contributed by atoms with Crippen LogP contribution in [0.3, 0.4) is 0 Å². The quantitative estimate of drug-likeness (QED) is 0.746. The van der Waals surface area contributed by atoms with E-state index in [9.17, 15) is 9.59 Å². The van der Waals surface area contributed by atoms with E-state index < -0.39 is 12.6 Å². The Morgan fingerprint density at radius 1 is 1.16 bits per heavy atom. The number of aliphatic carboxylic acids is 1. The third kappa shape index (κ3) is 5.83. The van der Waals surface area contributed by atoms with Crippen LogP contribution in [0.25, 0.3) is 0 Å². The van der Waals surface area contributed by atoms with Crippen molar-refractivity contribution in [1.29, 1.82) is 0 Å². The van der Waals surface area contributed by atoms with E-state index in [4.69, 9.17) is 9.84 Å². The topological polar surface area (TPSA) is 75.6 Å². The van der Waals surface area contributed by atoms with E-state index in [1.165, 1.54) is 5.56 Å². The van der Waals surface area contributed by atoms with Crippen LogP contribution in [-0.2, 0) is 10.5 Å². The fourth-order valence-corrected chi connectivity index (χ4v) is 2.81. The van der Waals surface area contributed by atoms with Crippen molar-refractivity contribution in [3.8, 4) is 5.75 Å². The summed E-state index contributed by atoms with van der Waals surface area (Å²) in [6.45, 7) is 3.55. The molecule has 0 heterocycles. The third-order valence-corrected chi connectivity index (χ3v) is 4.44. The van der Waals surface area contributed by atoms with Crippen LogP contribution in [0.15, 0.2) is 42.5 Å². The number of benzene rings is 2. The first-order chi connectivity index (χ1) is 12.0. The molecule has 2 aromatic rings. The molecule has 0 unspecified atom stereocenters. The number of carbonyl (C=O) groups excluding carboxylic acids is 1. The van der Waals surface area contributed by atoms with E-state index in [2.05, 4.69) is 12.2 Å². The first kappa shape index (κ1) is 18.9. The fourth-order valence-electron chi connectivity index (χ4n) is 2.18. The Morgan fingerprint density at radius 2 is 1.88 bits per heavy atom. The molecule has 0 aliphatic heterocycles. The summed E-state index contributed by atoms with van der Waals surface area (Å²) in [6, 6.07) is 12.6. The molecule has 1 amide bonds. The molecule has 0 bridgehead atoms. The van der Waals surface area contributed by atoms with Crippen LogP contribution in [0.1, 0.15) is 28.4 Å². The average Bonchev–Trinajstić information content (AvgIpc) is 2.60. The number of rotatable bonds is 8. The lowest BCUT2D eigenvalue weighted by atomic mass is 10.1. The molecule has 0 aromatic heterocycles. The molecule has 0 atom stereocenters. The highest BCUT2D eigenvalue weighted by molar-refractivity contribution is 7.98. The van der Waals surface area contributed by atoms with Gasteiger partial charge in [-0.2, -0.15) is 11.8 Å². The van der Waals surface area contributed by atoms with Crippen LogP contribution in [-0.4, -0.2) is 29.3 Å². The summed E-state index contributed by atoms with van der Waals surface area (Å²) < 4.78 is 5.12. The van der Waals surface area contributed by atoms with Crippen molar-refractivity contribution in [2.24, 2.45) is 0 Å². The lowest BCUT2D eigenvalue weighted by molar-refractivity contribution is -0.139. The Morgan fingerprint density at radius 3 is 2.48 bits per heavy atom. The highest BCUT2D eigenvalue weighted by Crippen LogP contribution is 2.22. The monoisotopic (exact) mass is 359 g/mol. The molecule has 25 heavy (non-hydrogen) atoms. The summed E-state index contributed by atoms with van der Waals surface area (Å²) in [4.78, 5) is 22.9. The van der Waals surface area contributed by atoms with Crippen LogP contribution < -0.4 is 10.1 Å². The molecular formula is C19H21NO4S. The van der Waals surface area contributed by atoms with Gasteiger partial charge in [0.25, 0.3) is 5.91 Å². The first-order valence-corrected chi connectivity index (χ1v) is 9.08. The Balaban J connectivity index is 2.01. The Labute approximate surface area is 151 Å². The molecule has 0 radical (unpaired) electrons. The summed E-state index contributed by atoms with van der Waals surface area (Å²) in [5, 5.41) is 11.5. The summed E-state index contributed by atoms with van der Waals surface area (Å²) in [7, 11) is 0. The highest BCUT2D eigenvalue weighted by Gasteiger charge is 2.09. The molecular weight excluding hydrogens is 338 g/mol. The molecule has 132 valence electrons. The number of carboxylic acid groups (broad SMARTS) is 1. The van der Waals surface area contributed by atoms with Crippen molar-refractivity contribution in [3.05, 3.63) is 59.2 Å². The second kappa shape index (κ2) is 9.13. The molecule has 0 aliphatic rings. The van der Waals surface area contributed by atoms with E-state index in [1.54, 1.807) is 18.2 Å². The second-order valence-electron chi connectivity index (χ2n) is 5.45. The average molecular weight is 359 g/mol. The van der Waals surface area contributed by atoms with E-state index in [1.807, 2.05) is 43.0 Å². The highest BCUT2D eigenvalue weighted by atomic mass is 32.2. The number of carboxylic acids is 1. The van der Waals surface area contributed by atoms with Crippen molar-refractivity contribution in [1.82, 2.24) is 0 Å². The molecule has 0 aliphatic carbocycles. The van der Waals surface area contributed by atoms with Gasteiger partial charge in [-0.15, -0.1) is 0 Å². The SMILES string of the molecule is CCSCc1ccc(C(=O)Nc2ccc(OCC(=O)O)cc2C)cc1. The number of anilines is 1. The number of hydrogen-bond donors (Lipinski definition) is 2. The summed E-state index contributed by atoms with van der Waals surface area (Å²) >= 11 is 1.84. The van der Waals surface area contributed by atoms with Gasteiger partial charge in [0.2, 0.25) is 0 Å². The molecule has 0 fully saturated rings. The van der Waals surface area contributed by atoms with Crippen LogP contribution in [0.4, 0.5) is 5.69 Å². The van der Waals surface area contributed by atoms with Gasteiger partial charge >= 0.3 is 5.97 Å². The standard InChI is InChI=1S/C19H21NO4S/c1-3-25-12-14-4-6-15(7-5-14)19(23)20-17-9-8-16(10-13(17)2)24-11-18(21)22/h4-10H,3,11-12H2,1-2H3,(H,20,23)(H,21,22). The fraction of sp³-hybridized carbons (Fsp3) is 0.263. The number of nitrogens with one attached hydrogen (secondary N) is 1. The zero-order chi connectivity index (χ0) is 18.2. The number of ether oxygens (including phenoxy) is 1. The van der Waals surface area contributed by atoms with Gasteiger partial charge in [0.1, 0.15) is 5.75 Å². The second-order valence-corrected chi connectivity index (χ2v) is 6.72. The number of aryl methyl sites for hydroxylation is 1. The van der Waals surface area contributed by atoms with E-state index >= 15 is 0 Å².